The van der Waals surface area contributed by atoms with Crippen molar-refractivity contribution in [1.82, 2.24) is 0 Å². The first-order chi connectivity index (χ1) is 6.98. The summed E-state index contributed by atoms with van der Waals surface area (Å²) >= 11 is 0. The van der Waals surface area contributed by atoms with Crippen LogP contribution in [0.4, 0.5) is 0 Å². The Morgan fingerprint density at radius 3 is 1.81 bits per heavy atom. The summed E-state index contributed by atoms with van der Waals surface area (Å²) in [5.74, 6) is -1.86. The van der Waals surface area contributed by atoms with Crippen molar-refractivity contribution in [2.45, 2.75) is 0 Å². The maximum absolute atomic E-state index is 9.92. The number of carboxylic acid groups (broad SMARTS) is 1. The summed E-state index contributed by atoms with van der Waals surface area (Å²) in [7, 11) is -8.87. The molecule has 0 saturated heterocycles. The van der Waals surface area contributed by atoms with Crippen LogP contribution in [0.1, 0.15) is 0 Å². The van der Waals surface area contributed by atoms with Crippen molar-refractivity contribution in [2.75, 3.05) is 12.4 Å². The standard InChI is InChI=1S/C3H4O2.C2H6O7S2/c1-2-3(4)5;3-10(4,5)2-1-9-11(6,7)8/h2H,1H2,(H,4,5);1-2H2,(H,3,4,5)(H,6,7,8). The third-order valence-electron chi connectivity index (χ3n) is 0.748. The van der Waals surface area contributed by atoms with Gasteiger partial charge in [-0.05, 0) is 0 Å². The van der Waals surface area contributed by atoms with Crippen molar-refractivity contribution >= 4 is 26.5 Å². The molecular weight excluding hydrogens is 268 g/mol. The van der Waals surface area contributed by atoms with Gasteiger partial charge < -0.3 is 5.11 Å². The van der Waals surface area contributed by atoms with Crippen LogP contribution in [0.5, 0.6) is 0 Å². The lowest BCUT2D eigenvalue weighted by atomic mass is 10.7. The molecule has 0 amide bonds. The summed E-state index contributed by atoms with van der Waals surface area (Å²) in [6.45, 7) is 2.15. The second kappa shape index (κ2) is 7.29. The number of carbonyl (C=O) groups is 1. The van der Waals surface area contributed by atoms with E-state index in [1.54, 1.807) is 0 Å². The molecule has 0 atom stereocenters. The average molecular weight is 278 g/mol. The fourth-order valence-electron chi connectivity index (χ4n) is 0.245. The van der Waals surface area contributed by atoms with Gasteiger partial charge in [0.05, 0.1) is 6.61 Å². The highest BCUT2D eigenvalue weighted by atomic mass is 32.3. The first kappa shape index (κ1) is 17.4. The molecule has 0 aromatic heterocycles. The molecule has 0 radical (unpaired) electrons. The molecule has 9 nitrogen and oxygen atoms in total. The highest BCUT2D eigenvalue weighted by Crippen LogP contribution is 1.88. The van der Waals surface area contributed by atoms with Crippen LogP contribution < -0.4 is 0 Å². The van der Waals surface area contributed by atoms with Gasteiger partial charge >= 0.3 is 16.4 Å². The molecule has 3 N–H and O–H groups in total. The molecule has 0 fully saturated rings. The third kappa shape index (κ3) is 23.1. The number of hydrogen-bond acceptors (Lipinski definition) is 6. The zero-order valence-corrected chi connectivity index (χ0v) is 9.44. The van der Waals surface area contributed by atoms with Crippen LogP contribution >= 0.6 is 0 Å². The van der Waals surface area contributed by atoms with Crippen LogP contribution in [0.25, 0.3) is 0 Å². The second-order valence-corrected chi connectivity index (χ2v) is 4.74. The Labute approximate surface area is 92.1 Å². The van der Waals surface area contributed by atoms with E-state index < -0.39 is 38.8 Å². The van der Waals surface area contributed by atoms with E-state index in [0.717, 1.165) is 6.08 Å². The third-order valence-corrected chi connectivity index (χ3v) is 1.90. The minimum Gasteiger partial charge on any atom is -0.478 e. The Bertz CT molecular complexity index is 385. The van der Waals surface area contributed by atoms with E-state index in [0.29, 0.717) is 0 Å². The average Bonchev–Trinajstić information content (AvgIpc) is 2.00. The lowest BCUT2D eigenvalue weighted by molar-refractivity contribution is -0.131. The molecule has 0 aromatic rings. The van der Waals surface area contributed by atoms with Crippen LogP contribution in [-0.4, -0.2) is 49.4 Å². The molecule has 0 heterocycles. The molecule has 0 saturated carbocycles. The molecule has 0 unspecified atom stereocenters. The minimum atomic E-state index is -4.62. The van der Waals surface area contributed by atoms with Crippen molar-refractivity contribution in [3.05, 3.63) is 12.7 Å². The zero-order chi connectivity index (χ0) is 13.4. The van der Waals surface area contributed by atoms with Gasteiger partial charge in [-0.1, -0.05) is 6.58 Å². The van der Waals surface area contributed by atoms with Crippen molar-refractivity contribution < 1.29 is 40.0 Å². The Hall–Kier alpha value is -1.01. The van der Waals surface area contributed by atoms with Crippen LogP contribution in [0.2, 0.25) is 0 Å². The Morgan fingerprint density at radius 2 is 1.62 bits per heavy atom. The van der Waals surface area contributed by atoms with Gasteiger partial charge in [-0.2, -0.15) is 16.8 Å². The first-order valence-electron chi connectivity index (χ1n) is 3.40. The fourth-order valence-corrected chi connectivity index (χ4v) is 0.938. The number of hydrogen-bond donors (Lipinski definition) is 3. The minimum absolute atomic E-state index is 0.808. The SMILES string of the molecule is C=CC(=O)O.O=S(=O)(O)CCOS(=O)(=O)O. The van der Waals surface area contributed by atoms with E-state index in [1.807, 2.05) is 0 Å². The monoisotopic (exact) mass is 278 g/mol. The summed E-state index contributed by atoms with van der Waals surface area (Å²) in [5, 5.41) is 7.60. The summed E-state index contributed by atoms with van der Waals surface area (Å²) in [4.78, 5) is 9.25. The molecule has 0 aliphatic heterocycles. The van der Waals surface area contributed by atoms with Gasteiger partial charge in [-0.15, -0.1) is 0 Å². The van der Waals surface area contributed by atoms with Gasteiger partial charge in [0.25, 0.3) is 10.1 Å². The van der Waals surface area contributed by atoms with E-state index in [-0.39, 0.29) is 0 Å². The fraction of sp³-hybridized carbons (Fsp3) is 0.400. The number of aliphatic carboxylic acids is 1. The predicted octanol–water partition coefficient (Wildman–Crippen LogP) is -1.05. The van der Waals surface area contributed by atoms with Crippen molar-refractivity contribution in [1.29, 1.82) is 0 Å². The first-order valence-corrected chi connectivity index (χ1v) is 6.37. The van der Waals surface area contributed by atoms with Crippen molar-refractivity contribution in [3.8, 4) is 0 Å². The van der Waals surface area contributed by atoms with Crippen molar-refractivity contribution in [2.24, 2.45) is 0 Å². The lowest BCUT2D eigenvalue weighted by Crippen LogP contribution is -2.14. The van der Waals surface area contributed by atoms with Crippen LogP contribution in [0.15, 0.2) is 12.7 Å². The molecule has 96 valence electrons. The Morgan fingerprint density at radius 1 is 1.25 bits per heavy atom. The molecule has 0 aliphatic rings. The van der Waals surface area contributed by atoms with Crippen LogP contribution in [0.3, 0.4) is 0 Å². The largest absolute Gasteiger partial charge is 0.478 e. The van der Waals surface area contributed by atoms with Gasteiger partial charge in [0, 0.05) is 6.08 Å². The quantitative estimate of drug-likeness (QED) is 0.421. The molecule has 16 heavy (non-hydrogen) atoms. The smallest absolute Gasteiger partial charge is 0.397 e. The van der Waals surface area contributed by atoms with E-state index in [4.69, 9.17) is 14.2 Å². The summed E-state index contributed by atoms with van der Waals surface area (Å²) in [6, 6.07) is 0. The lowest BCUT2D eigenvalue weighted by Gasteiger charge is -1.95. The van der Waals surface area contributed by atoms with Crippen molar-refractivity contribution in [3.63, 3.8) is 0 Å². The Balaban J connectivity index is 0. The van der Waals surface area contributed by atoms with Crippen LogP contribution in [-0.2, 0) is 29.5 Å². The maximum Gasteiger partial charge on any atom is 0.397 e. The predicted molar refractivity (Wildman–Crippen MR) is 51.7 cm³/mol. The van der Waals surface area contributed by atoms with E-state index in [1.165, 1.54) is 0 Å². The second-order valence-electron chi connectivity index (χ2n) is 2.08. The molecular formula is C5H10O9S2. The van der Waals surface area contributed by atoms with Crippen LogP contribution in [0, 0.1) is 0 Å². The normalized spacial score (nSPS) is 11.1. The van der Waals surface area contributed by atoms with Gasteiger partial charge in [-0.25, -0.2) is 8.98 Å². The van der Waals surface area contributed by atoms with Gasteiger partial charge in [0.1, 0.15) is 5.75 Å². The summed E-state index contributed by atoms with van der Waals surface area (Å²) in [5.41, 5.74) is 0. The molecule has 0 bridgehead atoms. The summed E-state index contributed by atoms with van der Waals surface area (Å²) in [6.07, 6.45) is 0.833. The van der Waals surface area contributed by atoms with E-state index in [9.17, 15) is 21.6 Å². The van der Waals surface area contributed by atoms with Gasteiger partial charge in [-0.3, -0.25) is 9.11 Å². The topological polar surface area (TPSA) is 155 Å². The highest BCUT2D eigenvalue weighted by molar-refractivity contribution is 7.85. The highest BCUT2D eigenvalue weighted by Gasteiger charge is 2.08. The van der Waals surface area contributed by atoms with Gasteiger partial charge in [0.15, 0.2) is 0 Å². The van der Waals surface area contributed by atoms with E-state index >= 15 is 0 Å². The maximum atomic E-state index is 9.92. The molecule has 0 spiro atoms. The molecule has 0 aromatic carbocycles. The number of rotatable bonds is 5. The summed E-state index contributed by atoms with van der Waals surface area (Å²) < 4.78 is 58.9. The van der Waals surface area contributed by atoms with Gasteiger partial charge in [0.2, 0.25) is 0 Å². The van der Waals surface area contributed by atoms with E-state index in [2.05, 4.69) is 10.8 Å². The molecule has 11 heteroatoms. The zero-order valence-electron chi connectivity index (χ0n) is 7.81. The number of carboxylic acids is 1. The Kier molecular flexibility index (Phi) is 7.93. The molecule has 0 aliphatic carbocycles. The molecule has 0 rings (SSSR count).